The highest BCUT2D eigenvalue weighted by Crippen LogP contribution is 2.32. The van der Waals surface area contributed by atoms with Crippen molar-refractivity contribution >= 4 is 16.9 Å². The summed E-state index contributed by atoms with van der Waals surface area (Å²) < 4.78 is 54.8. The zero-order valence-electron chi connectivity index (χ0n) is 17.0. The van der Waals surface area contributed by atoms with Crippen LogP contribution in [0.15, 0.2) is 42.6 Å². The number of rotatable bonds is 4. The molecule has 0 unspecified atom stereocenters. The lowest BCUT2D eigenvalue weighted by atomic mass is 10.1. The van der Waals surface area contributed by atoms with Crippen LogP contribution in [0, 0.1) is 12.7 Å². The van der Waals surface area contributed by atoms with Gasteiger partial charge in [0.25, 0.3) is 5.91 Å². The van der Waals surface area contributed by atoms with Crippen LogP contribution in [0.1, 0.15) is 34.2 Å². The summed E-state index contributed by atoms with van der Waals surface area (Å²) in [6.07, 6.45) is -2.64. The predicted octanol–water partition coefficient (Wildman–Crippen LogP) is 4.61. The molecule has 0 saturated carbocycles. The average Bonchev–Trinajstić information content (AvgIpc) is 3.10. The van der Waals surface area contributed by atoms with E-state index in [4.69, 9.17) is 5.73 Å². The Hall–Kier alpha value is -3.82. The van der Waals surface area contributed by atoms with Gasteiger partial charge in [-0.3, -0.25) is 9.36 Å². The fourth-order valence-electron chi connectivity index (χ4n) is 3.54. The van der Waals surface area contributed by atoms with Gasteiger partial charge < -0.3 is 5.73 Å². The van der Waals surface area contributed by atoms with Gasteiger partial charge in [-0.1, -0.05) is 19.1 Å². The highest BCUT2D eigenvalue weighted by atomic mass is 19.4. The van der Waals surface area contributed by atoms with Gasteiger partial charge in [-0.05, 0) is 43.2 Å². The van der Waals surface area contributed by atoms with Crippen LogP contribution < -0.4 is 5.73 Å². The van der Waals surface area contributed by atoms with Crippen molar-refractivity contribution in [3.8, 4) is 17.2 Å². The molecule has 0 aliphatic heterocycles. The van der Waals surface area contributed by atoms with Gasteiger partial charge in [0.15, 0.2) is 11.6 Å². The molecule has 0 radical (unpaired) electrons. The summed E-state index contributed by atoms with van der Waals surface area (Å²) in [6, 6.07) is 7.75. The fourth-order valence-corrected chi connectivity index (χ4v) is 3.54. The number of aryl methyl sites for hydroxylation is 2. The number of hydrogen-bond donors (Lipinski definition) is 1. The Bertz CT molecular complexity index is 1360. The maximum Gasteiger partial charge on any atom is 0.433 e. The maximum absolute atomic E-state index is 13.7. The smallest absolute Gasteiger partial charge is 0.365 e. The van der Waals surface area contributed by atoms with E-state index in [0.29, 0.717) is 23.1 Å². The Morgan fingerprint density at radius 2 is 1.88 bits per heavy atom. The highest BCUT2D eigenvalue weighted by molar-refractivity contribution is 5.98. The first-order valence-corrected chi connectivity index (χ1v) is 9.63. The van der Waals surface area contributed by atoms with Crippen molar-refractivity contribution in [3.05, 3.63) is 70.9 Å². The van der Waals surface area contributed by atoms with Crippen LogP contribution in [0.2, 0.25) is 0 Å². The minimum absolute atomic E-state index is 0.00426. The third-order valence-electron chi connectivity index (χ3n) is 5.02. The number of alkyl halides is 3. The van der Waals surface area contributed by atoms with Crippen LogP contribution in [0.3, 0.4) is 0 Å². The van der Waals surface area contributed by atoms with Gasteiger partial charge in [0.05, 0.1) is 16.7 Å². The normalized spacial score (nSPS) is 11.8. The van der Waals surface area contributed by atoms with Gasteiger partial charge in [-0.25, -0.2) is 19.3 Å². The number of fused-ring (bicyclic) bond motifs is 1. The largest absolute Gasteiger partial charge is 0.433 e. The number of carbonyl (C=O) groups excluding carboxylic acids is 1. The summed E-state index contributed by atoms with van der Waals surface area (Å²) >= 11 is 0. The molecule has 4 rings (SSSR count). The molecule has 0 fully saturated rings. The minimum Gasteiger partial charge on any atom is -0.365 e. The molecule has 4 aromatic rings. The standard InChI is InChI=1S/C22H17F4N5O/c1-3-12-10-31(15-7-8-16(22(24,25)26)29-18(12)15)21-17(19(27)32)11(2)28-20(30-21)13-5-4-6-14(23)9-13/h4-10H,3H2,1-2H3,(H2,27,32). The molecule has 2 N–H and O–H groups in total. The number of carbonyl (C=O) groups is 1. The Morgan fingerprint density at radius 3 is 2.50 bits per heavy atom. The third kappa shape index (κ3) is 3.68. The summed E-state index contributed by atoms with van der Waals surface area (Å²) in [5.41, 5.74) is 6.17. The summed E-state index contributed by atoms with van der Waals surface area (Å²) in [4.78, 5) is 24.7. The fraction of sp³-hybridized carbons (Fsp3) is 0.182. The molecule has 10 heteroatoms. The number of primary amides is 1. The SMILES string of the molecule is CCc1cn(-c2nc(-c3cccc(F)c3)nc(C)c2C(N)=O)c2ccc(C(F)(F)F)nc12. The molecule has 3 heterocycles. The van der Waals surface area contributed by atoms with Crippen molar-refractivity contribution in [2.45, 2.75) is 26.4 Å². The van der Waals surface area contributed by atoms with Gasteiger partial charge in [0, 0.05) is 11.8 Å². The first-order valence-electron chi connectivity index (χ1n) is 9.63. The molecule has 1 amide bonds. The first kappa shape index (κ1) is 21.4. The van der Waals surface area contributed by atoms with E-state index < -0.39 is 23.6 Å². The first-order chi connectivity index (χ1) is 15.1. The van der Waals surface area contributed by atoms with Crippen molar-refractivity contribution in [1.82, 2.24) is 19.5 Å². The van der Waals surface area contributed by atoms with Crippen LogP contribution >= 0.6 is 0 Å². The predicted molar refractivity (Wildman–Crippen MR) is 110 cm³/mol. The quantitative estimate of drug-likeness (QED) is 0.467. The van der Waals surface area contributed by atoms with Crippen LogP contribution in [0.25, 0.3) is 28.2 Å². The van der Waals surface area contributed by atoms with E-state index in [2.05, 4.69) is 15.0 Å². The highest BCUT2D eigenvalue weighted by Gasteiger charge is 2.33. The van der Waals surface area contributed by atoms with E-state index in [9.17, 15) is 22.4 Å². The number of pyridine rings is 1. The van der Waals surface area contributed by atoms with Crippen molar-refractivity contribution < 1.29 is 22.4 Å². The molecular weight excluding hydrogens is 426 g/mol. The van der Waals surface area contributed by atoms with Crippen molar-refractivity contribution in [2.24, 2.45) is 5.73 Å². The summed E-state index contributed by atoms with van der Waals surface area (Å²) in [7, 11) is 0. The number of nitrogens with zero attached hydrogens (tertiary/aromatic N) is 4. The van der Waals surface area contributed by atoms with Crippen LogP contribution in [-0.4, -0.2) is 25.4 Å². The Balaban J connectivity index is 2.03. The molecule has 0 aliphatic carbocycles. The van der Waals surface area contributed by atoms with Gasteiger partial charge in [-0.2, -0.15) is 13.2 Å². The molecule has 0 saturated heterocycles. The van der Waals surface area contributed by atoms with E-state index in [1.165, 1.54) is 28.8 Å². The molecule has 6 nitrogen and oxygen atoms in total. The van der Waals surface area contributed by atoms with Gasteiger partial charge in [0.1, 0.15) is 17.1 Å². The zero-order chi connectivity index (χ0) is 23.2. The van der Waals surface area contributed by atoms with Crippen LogP contribution in [0.4, 0.5) is 17.6 Å². The lowest BCUT2D eigenvalue weighted by Crippen LogP contribution is -2.19. The number of amides is 1. The van der Waals surface area contributed by atoms with E-state index in [1.54, 1.807) is 26.1 Å². The van der Waals surface area contributed by atoms with E-state index in [0.717, 1.165) is 6.07 Å². The molecule has 0 atom stereocenters. The molecule has 32 heavy (non-hydrogen) atoms. The molecule has 164 valence electrons. The van der Waals surface area contributed by atoms with E-state index >= 15 is 0 Å². The molecule has 0 aliphatic rings. The second-order valence-corrected chi connectivity index (χ2v) is 7.15. The van der Waals surface area contributed by atoms with Crippen molar-refractivity contribution in [2.75, 3.05) is 0 Å². The summed E-state index contributed by atoms with van der Waals surface area (Å²) in [5.74, 6) is -1.08. The second-order valence-electron chi connectivity index (χ2n) is 7.15. The molecular formula is C22H17F4N5O. The molecule has 0 spiro atoms. The Morgan fingerprint density at radius 1 is 1.12 bits per heavy atom. The van der Waals surface area contributed by atoms with Gasteiger partial charge >= 0.3 is 6.18 Å². The number of nitrogens with two attached hydrogens (primary N) is 1. The molecule has 1 aromatic carbocycles. The topological polar surface area (TPSA) is 86.7 Å². The summed E-state index contributed by atoms with van der Waals surface area (Å²) in [5, 5.41) is 0. The zero-order valence-corrected chi connectivity index (χ0v) is 17.0. The molecule has 3 aromatic heterocycles. The number of aromatic nitrogens is 4. The lowest BCUT2D eigenvalue weighted by molar-refractivity contribution is -0.140. The maximum atomic E-state index is 13.7. The second kappa shape index (κ2) is 7.70. The third-order valence-corrected chi connectivity index (χ3v) is 5.02. The van der Waals surface area contributed by atoms with Crippen molar-refractivity contribution in [1.29, 1.82) is 0 Å². The van der Waals surface area contributed by atoms with Crippen molar-refractivity contribution in [3.63, 3.8) is 0 Å². The number of benzene rings is 1. The van der Waals surface area contributed by atoms with E-state index in [-0.39, 0.29) is 28.4 Å². The minimum atomic E-state index is -4.60. The average molecular weight is 443 g/mol. The molecule has 0 bridgehead atoms. The van der Waals surface area contributed by atoms with E-state index in [1.807, 2.05) is 0 Å². The number of halogens is 4. The van der Waals surface area contributed by atoms with Crippen LogP contribution in [-0.2, 0) is 12.6 Å². The Labute approximate surface area is 179 Å². The lowest BCUT2D eigenvalue weighted by Gasteiger charge is -2.13. The summed E-state index contributed by atoms with van der Waals surface area (Å²) in [6.45, 7) is 3.33. The number of hydrogen-bond acceptors (Lipinski definition) is 4. The monoisotopic (exact) mass is 443 g/mol. The van der Waals surface area contributed by atoms with Gasteiger partial charge in [-0.15, -0.1) is 0 Å². The van der Waals surface area contributed by atoms with Crippen LogP contribution in [0.5, 0.6) is 0 Å². The van der Waals surface area contributed by atoms with Gasteiger partial charge in [0.2, 0.25) is 0 Å². The Kier molecular flexibility index (Phi) is 5.15.